The molecule has 19 heavy (non-hydrogen) atoms. The molecule has 0 bridgehead atoms. The van der Waals surface area contributed by atoms with Crippen LogP contribution in [0.1, 0.15) is 20.8 Å². The van der Waals surface area contributed by atoms with Gasteiger partial charge in [-0.15, -0.1) is 11.8 Å². The Morgan fingerprint density at radius 3 is 2.63 bits per heavy atom. The Kier molecular flexibility index (Phi) is 6.13. The third-order valence-corrected chi connectivity index (χ3v) is 4.64. The summed E-state index contributed by atoms with van der Waals surface area (Å²) in [6, 6.07) is 1.63. The van der Waals surface area contributed by atoms with Gasteiger partial charge in [0.05, 0.1) is 15.4 Å². The van der Waals surface area contributed by atoms with Gasteiger partial charge in [0, 0.05) is 13.2 Å². The summed E-state index contributed by atoms with van der Waals surface area (Å²) < 4.78 is 1.88. The zero-order valence-corrected chi connectivity index (χ0v) is 14.0. The molecule has 1 N–H and O–H groups in total. The summed E-state index contributed by atoms with van der Waals surface area (Å²) in [4.78, 5) is 23.8. The van der Waals surface area contributed by atoms with Gasteiger partial charge in [0.15, 0.2) is 0 Å². The summed E-state index contributed by atoms with van der Waals surface area (Å²) >= 11 is 4.82. The van der Waals surface area contributed by atoms with Crippen LogP contribution in [0.3, 0.4) is 0 Å². The Morgan fingerprint density at radius 2 is 2.16 bits per heavy atom. The number of nitrogens with one attached hydrogen (secondary N) is 1. The Morgan fingerprint density at radius 1 is 1.53 bits per heavy atom. The predicted octanol–water partition coefficient (Wildman–Crippen LogP) is 2.86. The van der Waals surface area contributed by atoms with Gasteiger partial charge in [0.2, 0.25) is 5.91 Å². The van der Waals surface area contributed by atoms with E-state index in [2.05, 4.69) is 21.2 Å². The minimum Gasteiger partial charge on any atom is -0.324 e. The van der Waals surface area contributed by atoms with Gasteiger partial charge >= 0.3 is 0 Å². The highest BCUT2D eigenvalue weighted by Crippen LogP contribution is 2.21. The molecule has 1 aromatic rings. The standard InChI is InChI=1S/C13H19BrN2O2S/c1-5-19-11(8(2)3)12(17)15-9-6-10(14)13(18)16(4)7-9/h6-8,11H,5H2,1-4H3,(H,15,17). The third-order valence-electron chi connectivity index (χ3n) is 2.62. The number of halogens is 1. The van der Waals surface area contributed by atoms with E-state index >= 15 is 0 Å². The summed E-state index contributed by atoms with van der Waals surface area (Å²) in [5.74, 6) is 1.14. The molecule has 0 saturated heterocycles. The molecule has 0 aliphatic heterocycles. The van der Waals surface area contributed by atoms with E-state index in [0.717, 1.165) is 5.75 Å². The maximum atomic E-state index is 12.2. The zero-order chi connectivity index (χ0) is 14.6. The lowest BCUT2D eigenvalue weighted by molar-refractivity contribution is -0.116. The number of aromatic nitrogens is 1. The van der Waals surface area contributed by atoms with E-state index in [1.165, 1.54) is 4.57 Å². The quantitative estimate of drug-likeness (QED) is 0.891. The van der Waals surface area contributed by atoms with Crippen molar-refractivity contribution in [3.8, 4) is 0 Å². The third kappa shape index (κ3) is 4.38. The van der Waals surface area contributed by atoms with Crippen LogP contribution in [0.5, 0.6) is 0 Å². The fraction of sp³-hybridized carbons (Fsp3) is 0.538. The van der Waals surface area contributed by atoms with Crippen molar-refractivity contribution in [1.82, 2.24) is 4.57 Å². The highest BCUT2D eigenvalue weighted by molar-refractivity contribution is 9.10. The van der Waals surface area contributed by atoms with Gasteiger partial charge in [0.25, 0.3) is 5.56 Å². The SMILES string of the molecule is CCSC(C(=O)Nc1cc(Br)c(=O)n(C)c1)C(C)C. The first-order valence-electron chi connectivity index (χ1n) is 6.15. The predicted molar refractivity (Wildman–Crippen MR) is 84.8 cm³/mol. The van der Waals surface area contributed by atoms with Crippen molar-refractivity contribution in [3.63, 3.8) is 0 Å². The van der Waals surface area contributed by atoms with Crippen LogP contribution in [-0.4, -0.2) is 21.5 Å². The molecular formula is C13H19BrN2O2S. The molecule has 0 fully saturated rings. The van der Waals surface area contributed by atoms with Crippen molar-refractivity contribution in [2.24, 2.45) is 13.0 Å². The zero-order valence-electron chi connectivity index (χ0n) is 11.6. The average molecular weight is 347 g/mol. The Balaban J connectivity index is 2.89. The number of hydrogen-bond donors (Lipinski definition) is 1. The maximum absolute atomic E-state index is 12.2. The molecular weight excluding hydrogens is 328 g/mol. The summed E-state index contributed by atoms with van der Waals surface area (Å²) in [5, 5.41) is 2.79. The number of rotatable bonds is 5. The Bertz CT molecular complexity index is 488. The van der Waals surface area contributed by atoms with Crippen LogP contribution in [0, 0.1) is 5.92 Å². The highest BCUT2D eigenvalue weighted by atomic mass is 79.9. The van der Waals surface area contributed by atoms with Crippen molar-refractivity contribution < 1.29 is 4.79 Å². The summed E-state index contributed by atoms with van der Waals surface area (Å²) in [5.41, 5.74) is 0.502. The summed E-state index contributed by atoms with van der Waals surface area (Å²) in [6.45, 7) is 6.10. The fourth-order valence-corrected chi connectivity index (χ4v) is 3.18. The topological polar surface area (TPSA) is 51.1 Å². The molecule has 1 amide bonds. The number of amides is 1. The summed E-state index contributed by atoms with van der Waals surface area (Å²) in [6.07, 6.45) is 1.62. The van der Waals surface area contributed by atoms with Crippen molar-refractivity contribution in [1.29, 1.82) is 0 Å². The molecule has 0 aliphatic rings. The van der Waals surface area contributed by atoms with E-state index < -0.39 is 0 Å². The lowest BCUT2D eigenvalue weighted by Crippen LogP contribution is -2.30. The lowest BCUT2D eigenvalue weighted by Gasteiger charge is -2.19. The van der Waals surface area contributed by atoms with Gasteiger partial charge in [-0.1, -0.05) is 20.8 Å². The van der Waals surface area contributed by atoms with E-state index in [9.17, 15) is 9.59 Å². The highest BCUT2D eigenvalue weighted by Gasteiger charge is 2.22. The van der Waals surface area contributed by atoms with Gasteiger partial charge in [-0.2, -0.15) is 0 Å². The normalized spacial score (nSPS) is 12.5. The van der Waals surface area contributed by atoms with E-state index in [1.807, 2.05) is 20.8 Å². The second kappa shape index (κ2) is 7.14. The molecule has 6 heteroatoms. The second-order valence-electron chi connectivity index (χ2n) is 4.60. The fourth-order valence-electron chi connectivity index (χ4n) is 1.70. The maximum Gasteiger partial charge on any atom is 0.264 e. The molecule has 1 aromatic heterocycles. The molecule has 0 spiro atoms. The lowest BCUT2D eigenvalue weighted by atomic mass is 10.1. The minimum absolute atomic E-state index is 0.0209. The molecule has 1 rings (SSSR count). The van der Waals surface area contributed by atoms with Crippen LogP contribution >= 0.6 is 27.7 Å². The monoisotopic (exact) mass is 346 g/mol. The van der Waals surface area contributed by atoms with E-state index in [-0.39, 0.29) is 22.6 Å². The number of carbonyl (C=O) groups excluding carboxylic acids is 1. The Hall–Kier alpha value is -0.750. The van der Waals surface area contributed by atoms with Crippen molar-refractivity contribution >= 4 is 39.3 Å². The largest absolute Gasteiger partial charge is 0.324 e. The van der Waals surface area contributed by atoms with Gasteiger partial charge in [0.1, 0.15) is 0 Å². The van der Waals surface area contributed by atoms with Gasteiger partial charge in [-0.05, 0) is 33.7 Å². The molecule has 1 unspecified atom stereocenters. The molecule has 0 radical (unpaired) electrons. The van der Waals surface area contributed by atoms with Crippen molar-refractivity contribution in [3.05, 3.63) is 27.1 Å². The first-order chi connectivity index (χ1) is 8.86. The molecule has 1 heterocycles. The molecule has 4 nitrogen and oxygen atoms in total. The number of anilines is 1. The number of aryl methyl sites for hydroxylation is 1. The van der Waals surface area contributed by atoms with E-state index in [4.69, 9.17) is 0 Å². The average Bonchev–Trinajstić information content (AvgIpc) is 2.32. The van der Waals surface area contributed by atoms with Crippen LogP contribution in [0.2, 0.25) is 0 Å². The van der Waals surface area contributed by atoms with Crippen molar-refractivity contribution in [2.75, 3.05) is 11.1 Å². The molecule has 106 valence electrons. The molecule has 1 atom stereocenters. The van der Waals surface area contributed by atoms with E-state index in [1.54, 1.807) is 31.1 Å². The van der Waals surface area contributed by atoms with Crippen LogP contribution in [0.25, 0.3) is 0 Å². The number of carbonyl (C=O) groups is 1. The van der Waals surface area contributed by atoms with Crippen LogP contribution in [0.15, 0.2) is 21.5 Å². The first-order valence-corrected chi connectivity index (χ1v) is 7.99. The van der Waals surface area contributed by atoms with Crippen LogP contribution in [-0.2, 0) is 11.8 Å². The molecule has 0 saturated carbocycles. The number of pyridine rings is 1. The van der Waals surface area contributed by atoms with Gasteiger partial charge in [-0.25, -0.2) is 0 Å². The smallest absolute Gasteiger partial charge is 0.264 e. The number of hydrogen-bond acceptors (Lipinski definition) is 3. The van der Waals surface area contributed by atoms with E-state index in [0.29, 0.717) is 10.2 Å². The van der Waals surface area contributed by atoms with Crippen LogP contribution < -0.4 is 10.9 Å². The number of nitrogens with zero attached hydrogens (tertiary/aromatic N) is 1. The second-order valence-corrected chi connectivity index (χ2v) is 6.87. The molecule has 0 aromatic carbocycles. The summed E-state index contributed by atoms with van der Waals surface area (Å²) in [7, 11) is 1.66. The Labute approximate surface area is 126 Å². The minimum atomic E-state index is -0.124. The van der Waals surface area contributed by atoms with Crippen molar-refractivity contribution in [2.45, 2.75) is 26.0 Å². The number of thioether (sulfide) groups is 1. The molecule has 0 aliphatic carbocycles. The first kappa shape index (κ1) is 16.3. The van der Waals surface area contributed by atoms with Gasteiger partial charge in [-0.3, -0.25) is 9.59 Å². The van der Waals surface area contributed by atoms with Gasteiger partial charge < -0.3 is 9.88 Å². The van der Waals surface area contributed by atoms with Crippen LogP contribution in [0.4, 0.5) is 5.69 Å².